The topological polar surface area (TPSA) is 68.5 Å². The highest BCUT2D eigenvalue weighted by molar-refractivity contribution is 8.00. The third kappa shape index (κ3) is 6.03. The number of fused-ring (bicyclic) bond motifs is 1. The molecule has 0 amide bonds. The van der Waals surface area contributed by atoms with Gasteiger partial charge in [0.1, 0.15) is 12.1 Å². The number of carbonyl (C=O) groups excluding carboxylic acids is 1. The minimum absolute atomic E-state index is 0.0248. The van der Waals surface area contributed by atoms with Crippen LogP contribution in [-0.2, 0) is 9.53 Å². The Hall–Kier alpha value is -2.74. The van der Waals surface area contributed by atoms with E-state index >= 15 is 0 Å². The van der Waals surface area contributed by atoms with Gasteiger partial charge in [-0.05, 0) is 68.4 Å². The number of anilines is 1. The van der Waals surface area contributed by atoms with Gasteiger partial charge in [0.2, 0.25) is 11.7 Å². The van der Waals surface area contributed by atoms with Crippen LogP contribution in [0.1, 0.15) is 26.7 Å². The fourth-order valence-corrected chi connectivity index (χ4v) is 5.10. The van der Waals surface area contributed by atoms with Crippen molar-refractivity contribution in [1.29, 1.82) is 0 Å². The molecule has 1 aromatic heterocycles. The molecule has 6 nitrogen and oxygen atoms in total. The zero-order chi connectivity index (χ0) is 24.5. The van der Waals surface area contributed by atoms with Crippen LogP contribution in [0.2, 0.25) is 10.0 Å². The van der Waals surface area contributed by atoms with E-state index in [0.717, 1.165) is 26.9 Å². The summed E-state index contributed by atoms with van der Waals surface area (Å²) >= 11 is 13.8. The van der Waals surface area contributed by atoms with Gasteiger partial charge in [0, 0.05) is 32.8 Å². The van der Waals surface area contributed by atoms with E-state index in [0.29, 0.717) is 21.8 Å². The number of benzene rings is 3. The first-order valence-electron chi connectivity index (χ1n) is 10.5. The second-order valence-electron chi connectivity index (χ2n) is 8.67. The first-order chi connectivity index (χ1) is 16.1. The Balaban J connectivity index is 1.74. The fourth-order valence-electron chi connectivity index (χ4n) is 3.41. The lowest BCUT2D eigenvalue weighted by Crippen LogP contribution is -2.31. The lowest BCUT2D eigenvalue weighted by molar-refractivity contribution is -0.152. The van der Waals surface area contributed by atoms with Gasteiger partial charge >= 0.3 is 5.97 Å². The SMILES string of the molecule is Cc1nc(-c2ccc3c(N(CC(=O)OC(C)(C)C)Sc4cc(Cl)cc(Cl)c4)cccc3c2)no1. The molecule has 0 radical (unpaired) electrons. The van der Waals surface area contributed by atoms with Crippen LogP contribution in [0.5, 0.6) is 0 Å². The average Bonchev–Trinajstić information content (AvgIpc) is 3.16. The van der Waals surface area contributed by atoms with E-state index in [1.807, 2.05) is 73.6 Å². The first-order valence-corrected chi connectivity index (χ1v) is 12.1. The summed E-state index contributed by atoms with van der Waals surface area (Å²) in [7, 11) is 0. The monoisotopic (exact) mass is 515 g/mol. The van der Waals surface area contributed by atoms with Crippen molar-refractivity contribution >= 4 is 57.6 Å². The fraction of sp³-hybridized carbons (Fsp3) is 0.240. The maximum absolute atomic E-state index is 12.8. The Labute approximate surface area is 212 Å². The van der Waals surface area contributed by atoms with Gasteiger partial charge in [-0.2, -0.15) is 4.98 Å². The number of hydrogen-bond acceptors (Lipinski definition) is 7. The number of ether oxygens (including phenoxy) is 1. The standard InChI is InChI=1S/C25H23Cl2N3O3S/c1-15-28-24(29-33-15)17-8-9-21-16(10-17)6-5-7-22(21)30(14-23(31)32-25(2,3)4)34-20-12-18(26)11-19(27)13-20/h5-13H,14H2,1-4H3. The summed E-state index contributed by atoms with van der Waals surface area (Å²) in [5.74, 6) is 0.686. The largest absolute Gasteiger partial charge is 0.459 e. The van der Waals surface area contributed by atoms with Gasteiger partial charge in [-0.25, -0.2) is 0 Å². The summed E-state index contributed by atoms with van der Waals surface area (Å²) in [6, 6.07) is 17.1. The molecule has 34 heavy (non-hydrogen) atoms. The Kier molecular flexibility index (Phi) is 7.07. The van der Waals surface area contributed by atoms with Crippen LogP contribution in [0.15, 0.2) is 64.0 Å². The molecular formula is C25H23Cl2N3O3S. The Morgan fingerprint density at radius 3 is 2.47 bits per heavy atom. The molecule has 0 aliphatic carbocycles. The Morgan fingerprint density at radius 1 is 1.09 bits per heavy atom. The second-order valence-corrected chi connectivity index (χ2v) is 10.6. The molecule has 9 heteroatoms. The third-order valence-electron chi connectivity index (χ3n) is 4.66. The molecule has 0 spiro atoms. The van der Waals surface area contributed by atoms with E-state index in [-0.39, 0.29) is 12.5 Å². The molecule has 1 heterocycles. The van der Waals surface area contributed by atoms with Crippen molar-refractivity contribution in [2.45, 2.75) is 38.2 Å². The molecular weight excluding hydrogens is 493 g/mol. The number of aromatic nitrogens is 2. The predicted molar refractivity (Wildman–Crippen MR) is 137 cm³/mol. The number of nitrogens with zero attached hydrogens (tertiary/aromatic N) is 3. The molecule has 0 saturated heterocycles. The van der Waals surface area contributed by atoms with Gasteiger partial charge < -0.3 is 13.6 Å². The van der Waals surface area contributed by atoms with Gasteiger partial charge in [-0.3, -0.25) is 4.79 Å². The molecule has 0 unspecified atom stereocenters. The molecule has 0 aliphatic heterocycles. The van der Waals surface area contributed by atoms with Crippen molar-refractivity contribution in [2.75, 3.05) is 10.8 Å². The number of aryl methyl sites for hydroxylation is 1. The number of halogens is 2. The molecule has 3 aromatic carbocycles. The maximum Gasteiger partial charge on any atom is 0.327 e. The van der Waals surface area contributed by atoms with Gasteiger partial charge in [0.15, 0.2) is 0 Å². The molecule has 0 fully saturated rings. The number of hydrogen-bond donors (Lipinski definition) is 0. The van der Waals surface area contributed by atoms with Crippen LogP contribution in [0.25, 0.3) is 22.2 Å². The van der Waals surface area contributed by atoms with E-state index in [4.69, 9.17) is 32.5 Å². The lowest BCUT2D eigenvalue weighted by Gasteiger charge is -2.26. The zero-order valence-electron chi connectivity index (χ0n) is 19.1. The molecule has 0 saturated carbocycles. The van der Waals surface area contributed by atoms with Crippen molar-refractivity contribution in [3.8, 4) is 11.4 Å². The molecule has 0 N–H and O–H groups in total. The minimum Gasteiger partial charge on any atom is -0.459 e. The third-order valence-corrected chi connectivity index (χ3v) is 6.09. The van der Waals surface area contributed by atoms with Crippen molar-refractivity contribution < 1.29 is 14.1 Å². The van der Waals surface area contributed by atoms with Crippen LogP contribution < -0.4 is 4.31 Å². The summed E-state index contributed by atoms with van der Waals surface area (Å²) in [6.07, 6.45) is 0. The first kappa shape index (κ1) is 24.4. The summed E-state index contributed by atoms with van der Waals surface area (Å²) in [5.41, 5.74) is 1.10. The van der Waals surface area contributed by atoms with Crippen LogP contribution in [-0.4, -0.2) is 28.3 Å². The molecule has 0 atom stereocenters. The van der Waals surface area contributed by atoms with Crippen LogP contribution >= 0.6 is 35.1 Å². The van der Waals surface area contributed by atoms with Crippen molar-refractivity contribution in [1.82, 2.24) is 10.1 Å². The highest BCUT2D eigenvalue weighted by Crippen LogP contribution is 2.37. The van der Waals surface area contributed by atoms with Crippen LogP contribution in [0, 0.1) is 6.92 Å². The van der Waals surface area contributed by atoms with E-state index in [9.17, 15) is 4.79 Å². The van der Waals surface area contributed by atoms with E-state index < -0.39 is 5.60 Å². The maximum atomic E-state index is 12.8. The quantitative estimate of drug-likeness (QED) is 0.196. The molecule has 4 rings (SSSR count). The van der Waals surface area contributed by atoms with Crippen LogP contribution in [0.3, 0.4) is 0 Å². The van der Waals surface area contributed by atoms with Crippen molar-refractivity contribution in [3.63, 3.8) is 0 Å². The van der Waals surface area contributed by atoms with Crippen LogP contribution in [0.4, 0.5) is 5.69 Å². The average molecular weight is 516 g/mol. The second kappa shape index (κ2) is 9.86. The molecule has 176 valence electrons. The Bertz CT molecular complexity index is 1330. The van der Waals surface area contributed by atoms with E-state index in [1.165, 1.54) is 11.9 Å². The zero-order valence-corrected chi connectivity index (χ0v) is 21.5. The van der Waals surface area contributed by atoms with Crippen molar-refractivity contribution in [2.24, 2.45) is 0 Å². The van der Waals surface area contributed by atoms with Gasteiger partial charge in [0.25, 0.3) is 0 Å². The van der Waals surface area contributed by atoms with E-state index in [2.05, 4.69) is 10.1 Å². The molecule has 0 bridgehead atoms. The Morgan fingerprint density at radius 2 is 1.82 bits per heavy atom. The van der Waals surface area contributed by atoms with E-state index in [1.54, 1.807) is 13.0 Å². The smallest absolute Gasteiger partial charge is 0.327 e. The van der Waals surface area contributed by atoms with Gasteiger partial charge in [-0.1, -0.05) is 52.6 Å². The number of carbonyl (C=O) groups is 1. The highest BCUT2D eigenvalue weighted by Gasteiger charge is 2.22. The summed E-state index contributed by atoms with van der Waals surface area (Å²) in [4.78, 5) is 17.9. The predicted octanol–water partition coefficient (Wildman–Crippen LogP) is 7.36. The number of rotatable bonds is 6. The number of esters is 1. The lowest BCUT2D eigenvalue weighted by atomic mass is 10.0. The summed E-state index contributed by atoms with van der Waals surface area (Å²) in [6.45, 7) is 7.31. The van der Waals surface area contributed by atoms with Gasteiger partial charge in [-0.15, -0.1) is 0 Å². The minimum atomic E-state index is -0.594. The summed E-state index contributed by atoms with van der Waals surface area (Å²) < 4.78 is 12.6. The normalized spacial score (nSPS) is 11.6. The summed E-state index contributed by atoms with van der Waals surface area (Å²) in [5, 5.41) is 6.97. The van der Waals surface area contributed by atoms with Gasteiger partial charge in [0.05, 0.1) is 5.69 Å². The van der Waals surface area contributed by atoms with Crippen molar-refractivity contribution in [3.05, 3.63) is 70.5 Å². The molecule has 0 aliphatic rings. The highest BCUT2D eigenvalue weighted by atomic mass is 35.5. The molecule has 4 aromatic rings.